The van der Waals surface area contributed by atoms with E-state index in [-0.39, 0.29) is 19.3 Å². The summed E-state index contributed by atoms with van der Waals surface area (Å²) in [6.07, 6.45) is -0.553. The third-order valence-electron chi connectivity index (χ3n) is 3.66. The maximum Gasteiger partial charge on any atom is 0.391 e. The average Bonchev–Trinajstić information content (AvgIpc) is 2.31. The van der Waals surface area contributed by atoms with Crippen LogP contribution < -0.4 is 0 Å². The number of hydrogen-bond donors (Lipinski definition) is 1. The number of pyridine rings is 1. The molecule has 106 valence electrons. The first-order chi connectivity index (χ1) is 8.80. The SMILES string of the molecule is OC1(Cc2ccncc2Cl)CCCC(C(F)(F)F)C1. The van der Waals surface area contributed by atoms with E-state index in [1.807, 2.05) is 0 Å². The number of nitrogens with zero attached hydrogens (tertiary/aromatic N) is 1. The predicted molar refractivity (Wildman–Crippen MR) is 65.9 cm³/mol. The molecule has 1 N–H and O–H groups in total. The molecule has 0 aliphatic heterocycles. The zero-order chi connectivity index (χ0) is 14.1. The van der Waals surface area contributed by atoms with E-state index in [2.05, 4.69) is 4.98 Å². The summed E-state index contributed by atoms with van der Waals surface area (Å²) in [6.45, 7) is 0. The van der Waals surface area contributed by atoms with Crippen molar-refractivity contribution in [3.8, 4) is 0 Å². The molecule has 19 heavy (non-hydrogen) atoms. The van der Waals surface area contributed by atoms with Gasteiger partial charge in [-0.1, -0.05) is 11.6 Å². The highest BCUT2D eigenvalue weighted by molar-refractivity contribution is 6.31. The molecule has 1 saturated carbocycles. The predicted octanol–water partition coefficient (Wildman–Crippen LogP) is 3.76. The molecular weight excluding hydrogens is 279 g/mol. The average molecular weight is 294 g/mol. The Morgan fingerprint density at radius 3 is 2.84 bits per heavy atom. The van der Waals surface area contributed by atoms with E-state index < -0.39 is 17.7 Å². The minimum atomic E-state index is -4.24. The number of rotatable bonds is 2. The van der Waals surface area contributed by atoms with Crippen LogP contribution in [0.25, 0.3) is 0 Å². The third kappa shape index (κ3) is 3.60. The second kappa shape index (κ2) is 5.29. The molecule has 1 aromatic rings. The Hall–Kier alpha value is -0.810. The highest BCUT2D eigenvalue weighted by Gasteiger charge is 2.46. The molecule has 2 unspecified atom stereocenters. The fourth-order valence-corrected chi connectivity index (χ4v) is 2.87. The zero-order valence-corrected chi connectivity index (χ0v) is 11.0. The van der Waals surface area contributed by atoms with Gasteiger partial charge in [0, 0.05) is 18.8 Å². The summed E-state index contributed by atoms with van der Waals surface area (Å²) >= 11 is 5.94. The van der Waals surface area contributed by atoms with Gasteiger partial charge in [-0.05, 0) is 37.3 Å². The first kappa shape index (κ1) is 14.6. The van der Waals surface area contributed by atoms with Crippen LogP contribution >= 0.6 is 11.6 Å². The molecule has 0 saturated heterocycles. The molecule has 1 heterocycles. The summed E-state index contributed by atoms with van der Waals surface area (Å²) in [5, 5.41) is 10.8. The largest absolute Gasteiger partial charge is 0.391 e. The minimum absolute atomic E-state index is 0.0931. The first-order valence-corrected chi connectivity index (χ1v) is 6.55. The van der Waals surface area contributed by atoms with Crippen molar-refractivity contribution >= 4 is 11.6 Å². The van der Waals surface area contributed by atoms with Crippen molar-refractivity contribution in [1.29, 1.82) is 0 Å². The molecule has 1 fully saturated rings. The summed E-state index contributed by atoms with van der Waals surface area (Å²) in [4.78, 5) is 3.82. The smallest absolute Gasteiger partial charge is 0.390 e. The maximum atomic E-state index is 12.8. The standard InChI is InChI=1S/C13H15ClF3NO/c14-11-8-18-5-3-9(11)6-12(19)4-1-2-10(7-12)13(15,16)17/h3,5,8,10,19H,1-2,4,6-7H2. The van der Waals surface area contributed by atoms with Gasteiger partial charge in [0.05, 0.1) is 16.5 Å². The van der Waals surface area contributed by atoms with Crippen molar-refractivity contribution in [2.75, 3.05) is 0 Å². The molecule has 0 aromatic carbocycles. The van der Waals surface area contributed by atoms with E-state index in [1.54, 1.807) is 6.07 Å². The number of aromatic nitrogens is 1. The van der Waals surface area contributed by atoms with E-state index in [1.165, 1.54) is 12.4 Å². The van der Waals surface area contributed by atoms with Gasteiger partial charge >= 0.3 is 6.18 Å². The molecule has 2 atom stereocenters. The minimum Gasteiger partial charge on any atom is -0.390 e. The Morgan fingerprint density at radius 1 is 1.47 bits per heavy atom. The monoisotopic (exact) mass is 293 g/mol. The highest BCUT2D eigenvalue weighted by atomic mass is 35.5. The van der Waals surface area contributed by atoms with Crippen molar-refractivity contribution in [1.82, 2.24) is 4.98 Å². The van der Waals surface area contributed by atoms with Crippen LogP contribution in [0.4, 0.5) is 13.2 Å². The van der Waals surface area contributed by atoms with E-state index in [0.717, 1.165) is 0 Å². The van der Waals surface area contributed by atoms with E-state index >= 15 is 0 Å². The van der Waals surface area contributed by atoms with Crippen molar-refractivity contribution in [3.05, 3.63) is 29.0 Å². The van der Waals surface area contributed by atoms with Crippen LogP contribution in [0, 0.1) is 5.92 Å². The Morgan fingerprint density at radius 2 is 2.21 bits per heavy atom. The van der Waals surface area contributed by atoms with Crippen molar-refractivity contribution in [2.45, 2.75) is 43.9 Å². The van der Waals surface area contributed by atoms with Crippen LogP contribution in [0.2, 0.25) is 5.02 Å². The van der Waals surface area contributed by atoms with Gasteiger partial charge in [-0.15, -0.1) is 0 Å². The topological polar surface area (TPSA) is 33.1 Å². The van der Waals surface area contributed by atoms with Crippen LogP contribution in [-0.4, -0.2) is 21.9 Å². The molecule has 1 aliphatic carbocycles. The molecule has 0 radical (unpaired) electrons. The molecule has 0 bridgehead atoms. The Labute approximate surface area is 114 Å². The molecule has 2 rings (SSSR count). The van der Waals surface area contributed by atoms with Crippen molar-refractivity contribution in [2.24, 2.45) is 5.92 Å². The van der Waals surface area contributed by atoms with E-state index in [9.17, 15) is 18.3 Å². The summed E-state index contributed by atoms with van der Waals surface area (Å²) in [6, 6.07) is 1.64. The molecule has 1 aromatic heterocycles. The van der Waals surface area contributed by atoms with Crippen LogP contribution in [-0.2, 0) is 6.42 Å². The molecule has 0 spiro atoms. The first-order valence-electron chi connectivity index (χ1n) is 6.18. The zero-order valence-electron chi connectivity index (χ0n) is 10.3. The van der Waals surface area contributed by atoms with E-state index in [0.29, 0.717) is 23.4 Å². The molecule has 2 nitrogen and oxygen atoms in total. The lowest BCUT2D eigenvalue weighted by molar-refractivity contribution is -0.200. The summed E-state index contributed by atoms with van der Waals surface area (Å²) < 4.78 is 38.3. The quantitative estimate of drug-likeness (QED) is 0.900. The Balaban J connectivity index is 2.12. The number of hydrogen-bond acceptors (Lipinski definition) is 2. The fourth-order valence-electron chi connectivity index (χ4n) is 2.68. The van der Waals surface area contributed by atoms with Crippen LogP contribution in [0.1, 0.15) is 31.2 Å². The second-order valence-corrected chi connectivity index (χ2v) is 5.61. The van der Waals surface area contributed by atoms with Gasteiger partial charge in [0.25, 0.3) is 0 Å². The van der Waals surface area contributed by atoms with E-state index in [4.69, 9.17) is 11.6 Å². The van der Waals surface area contributed by atoms with Gasteiger partial charge in [-0.2, -0.15) is 13.2 Å². The number of halogens is 4. The van der Waals surface area contributed by atoms with Crippen LogP contribution in [0.3, 0.4) is 0 Å². The van der Waals surface area contributed by atoms with Gasteiger partial charge in [0.1, 0.15) is 0 Å². The van der Waals surface area contributed by atoms with Crippen LogP contribution in [0.5, 0.6) is 0 Å². The molecule has 6 heteroatoms. The molecule has 1 aliphatic rings. The van der Waals surface area contributed by atoms with Crippen molar-refractivity contribution < 1.29 is 18.3 Å². The van der Waals surface area contributed by atoms with Gasteiger partial charge in [-0.3, -0.25) is 4.98 Å². The molecular formula is C13H15ClF3NO. The summed E-state index contributed by atoms with van der Waals surface area (Å²) in [7, 11) is 0. The van der Waals surface area contributed by atoms with Gasteiger partial charge < -0.3 is 5.11 Å². The van der Waals surface area contributed by atoms with Gasteiger partial charge in [0.2, 0.25) is 0 Å². The summed E-state index contributed by atoms with van der Waals surface area (Å²) in [5.41, 5.74) is -0.689. The number of aliphatic hydroxyl groups is 1. The highest BCUT2D eigenvalue weighted by Crippen LogP contribution is 2.43. The molecule has 0 amide bonds. The van der Waals surface area contributed by atoms with Crippen molar-refractivity contribution in [3.63, 3.8) is 0 Å². The Bertz CT molecular complexity index is 452. The summed E-state index contributed by atoms with van der Waals surface area (Å²) in [5.74, 6) is -1.42. The lowest BCUT2D eigenvalue weighted by Gasteiger charge is -2.37. The van der Waals surface area contributed by atoms with Gasteiger partial charge in [-0.25, -0.2) is 0 Å². The normalized spacial score (nSPS) is 28.4. The number of alkyl halides is 3. The maximum absolute atomic E-state index is 12.8. The Kier molecular flexibility index (Phi) is 4.06. The fraction of sp³-hybridized carbons (Fsp3) is 0.615. The van der Waals surface area contributed by atoms with Crippen LogP contribution in [0.15, 0.2) is 18.5 Å². The lowest BCUT2D eigenvalue weighted by Crippen LogP contribution is -2.42. The third-order valence-corrected chi connectivity index (χ3v) is 4.00. The lowest BCUT2D eigenvalue weighted by atomic mass is 9.75. The van der Waals surface area contributed by atoms with Gasteiger partial charge in [0.15, 0.2) is 0 Å². The second-order valence-electron chi connectivity index (χ2n) is 5.20.